The van der Waals surface area contributed by atoms with Gasteiger partial charge in [0.1, 0.15) is 5.60 Å². The first-order chi connectivity index (χ1) is 13.6. The first kappa shape index (κ1) is 25.3. The number of nitro benzene ring substituents is 1. The lowest BCUT2D eigenvalue weighted by Gasteiger charge is -2.24. The van der Waals surface area contributed by atoms with Gasteiger partial charge in [-0.2, -0.15) is 0 Å². The minimum absolute atomic E-state index is 0.00783. The summed E-state index contributed by atoms with van der Waals surface area (Å²) in [4.78, 5) is 51.5. The zero-order chi connectivity index (χ0) is 23.3. The molecule has 0 bridgehead atoms. The Morgan fingerprint density at radius 1 is 1.30 bits per heavy atom. The Hall–Kier alpha value is -2.69. The Morgan fingerprint density at radius 2 is 1.90 bits per heavy atom. The van der Waals surface area contributed by atoms with Crippen LogP contribution in [0.5, 0.6) is 5.75 Å². The molecule has 0 saturated carbocycles. The molecule has 0 aromatic heterocycles. The molecule has 0 aliphatic carbocycles. The van der Waals surface area contributed by atoms with Crippen molar-refractivity contribution in [1.82, 2.24) is 5.32 Å². The summed E-state index contributed by atoms with van der Waals surface area (Å²) in [6.45, 7) is 6.42. The summed E-state index contributed by atoms with van der Waals surface area (Å²) in [5.74, 6) is -2.52. The number of nitro groups is 1. The van der Waals surface area contributed by atoms with Gasteiger partial charge >= 0.3 is 25.6 Å². The molecule has 0 heterocycles. The molecule has 0 saturated heterocycles. The number of nitrogens with one attached hydrogen (secondary N) is 1. The van der Waals surface area contributed by atoms with Crippen LogP contribution in [0.1, 0.15) is 39.7 Å². The van der Waals surface area contributed by atoms with Crippen molar-refractivity contribution in [2.75, 3.05) is 0 Å². The number of carboxylic acids is 1. The number of phosphoric acid groups is 1. The summed E-state index contributed by atoms with van der Waals surface area (Å²) < 4.78 is 20.5. The Balaban J connectivity index is 3.13. The van der Waals surface area contributed by atoms with Gasteiger partial charge in [-0.3, -0.25) is 24.7 Å². The summed E-state index contributed by atoms with van der Waals surface area (Å²) in [6.07, 6.45) is -0.752. The Bertz CT molecular complexity index is 845. The summed E-state index contributed by atoms with van der Waals surface area (Å²) in [5, 5.41) is 23.0. The average Bonchev–Trinajstić information content (AvgIpc) is 2.52. The highest BCUT2D eigenvalue weighted by atomic mass is 31.2. The second-order valence-electron chi connectivity index (χ2n) is 7.66. The number of alkyl carbamates (subject to hydrolysis) is 1. The van der Waals surface area contributed by atoms with Crippen molar-refractivity contribution in [2.24, 2.45) is 5.92 Å². The third-order valence-electron chi connectivity index (χ3n) is 3.70. The van der Waals surface area contributed by atoms with Crippen molar-refractivity contribution in [2.45, 2.75) is 52.2 Å². The van der Waals surface area contributed by atoms with E-state index in [1.807, 2.05) is 0 Å². The van der Waals surface area contributed by atoms with Crippen molar-refractivity contribution < 1.29 is 43.2 Å². The van der Waals surface area contributed by atoms with E-state index in [2.05, 4.69) is 9.84 Å². The number of phosphoric ester groups is 1. The maximum atomic E-state index is 12.1. The van der Waals surface area contributed by atoms with Crippen LogP contribution >= 0.6 is 7.82 Å². The Labute approximate surface area is 172 Å². The van der Waals surface area contributed by atoms with E-state index in [1.165, 1.54) is 13.0 Å². The van der Waals surface area contributed by atoms with Gasteiger partial charge in [-0.1, -0.05) is 13.0 Å². The second-order valence-corrected chi connectivity index (χ2v) is 8.83. The predicted molar refractivity (Wildman–Crippen MR) is 104 cm³/mol. The molecule has 1 aromatic carbocycles. The second kappa shape index (κ2) is 9.88. The van der Waals surface area contributed by atoms with Crippen molar-refractivity contribution >= 4 is 25.6 Å². The van der Waals surface area contributed by atoms with E-state index in [1.54, 1.807) is 20.8 Å². The molecule has 1 rings (SSSR count). The number of benzene rings is 1. The fourth-order valence-electron chi connectivity index (χ4n) is 2.52. The van der Waals surface area contributed by atoms with E-state index in [4.69, 9.17) is 19.6 Å². The first-order valence-electron chi connectivity index (χ1n) is 8.82. The van der Waals surface area contributed by atoms with Gasteiger partial charge in [0.2, 0.25) is 5.75 Å². The maximum Gasteiger partial charge on any atom is 0.525 e. The van der Waals surface area contributed by atoms with E-state index in [9.17, 15) is 24.3 Å². The Morgan fingerprint density at radius 3 is 2.37 bits per heavy atom. The third kappa shape index (κ3) is 9.21. The van der Waals surface area contributed by atoms with Crippen LogP contribution in [0.25, 0.3) is 0 Å². The van der Waals surface area contributed by atoms with Gasteiger partial charge < -0.3 is 19.7 Å². The molecule has 13 heteroatoms. The molecule has 0 fully saturated rings. The number of aliphatic carboxylic acids is 1. The number of ether oxygens (including phenoxy) is 1. The summed E-state index contributed by atoms with van der Waals surface area (Å²) in [5.41, 5.74) is -1.15. The van der Waals surface area contributed by atoms with Crippen molar-refractivity contribution in [3.63, 3.8) is 0 Å². The molecule has 0 aliphatic rings. The van der Waals surface area contributed by atoms with Crippen molar-refractivity contribution in [3.8, 4) is 5.75 Å². The number of hydrogen-bond acceptors (Lipinski definition) is 7. The van der Waals surface area contributed by atoms with Crippen LogP contribution in [0.2, 0.25) is 0 Å². The lowest BCUT2D eigenvalue weighted by Crippen LogP contribution is -2.41. The van der Waals surface area contributed by atoms with Crippen LogP contribution in [-0.4, -0.2) is 43.5 Å². The topological polar surface area (TPSA) is 186 Å². The third-order valence-corrected chi connectivity index (χ3v) is 4.13. The molecule has 0 aliphatic heterocycles. The molecule has 168 valence electrons. The number of carbonyl (C=O) groups is 2. The number of nitrogens with zero attached hydrogens (tertiary/aromatic N) is 1. The van der Waals surface area contributed by atoms with Gasteiger partial charge in [0, 0.05) is 12.1 Å². The number of amides is 1. The van der Waals surface area contributed by atoms with Gasteiger partial charge in [0.15, 0.2) is 0 Å². The van der Waals surface area contributed by atoms with E-state index in [0.717, 1.165) is 12.1 Å². The largest absolute Gasteiger partial charge is 0.525 e. The van der Waals surface area contributed by atoms with Crippen LogP contribution in [0.3, 0.4) is 0 Å². The van der Waals surface area contributed by atoms with E-state index < -0.39 is 53.8 Å². The predicted octanol–water partition coefficient (Wildman–Crippen LogP) is 2.61. The highest BCUT2D eigenvalue weighted by Crippen LogP contribution is 2.42. The van der Waals surface area contributed by atoms with Crippen LogP contribution in [-0.2, 0) is 20.5 Å². The first-order valence-corrected chi connectivity index (χ1v) is 10.3. The molecule has 12 nitrogen and oxygen atoms in total. The van der Waals surface area contributed by atoms with E-state index >= 15 is 0 Å². The van der Waals surface area contributed by atoms with Crippen LogP contribution in [0.15, 0.2) is 18.2 Å². The van der Waals surface area contributed by atoms with Gasteiger partial charge in [-0.15, -0.1) is 0 Å². The monoisotopic (exact) mass is 448 g/mol. The summed E-state index contributed by atoms with van der Waals surface area (Å²) >= 11 is 0. The average molecular weight is 448 g/mol. The molecule has 30 heavy (non-hydrogen) atoms. The number of carbonyl (C=O) groups excluding carboxylic acids is 1. The Kier molecular flexibility index (Phi) is 8.34. The molecule has 1 aromatic rings. The van der Waals surface area contributed by atoms with Crippen LogP contribution in [0, 0.1) is 16.0 Å². The molecule has 0 radical (unpaired) electrons. The lowest BCUT2D eigenvalue weighted by atomic mass is 9.96. The fraction of sp³-hybridized carbons (Fsp3) is 0.529. The molecule has 0 spiro atoms. The SMILES string of the molecule is CC(C[C@H](Cc1ccc(OP(=O)(O)O)c([N+](=O)[O-])c1)NC(=O)OC(C)(C)C)C(=O)O. The van der Waals surface area contributed by atoms with Crippen LogP contribution < -0.4 is 9.84 Å². The van der Waals surface area contributed by atoms with E-state index in [0.29, 0.717) is 5.56 Å². The molecular weight excluding hydrogens is 423 g/mol. The zero-order valence-corrected chi connectivity index (χ0v) is 17.8. The lowest BCUT2D eigenvalue weighted by molar-refractivity contribution is -0.385. The molecule has 1 amide bonds. The van der Waals surface area contributed by atoms with Gasteiger partial charge in [-0.05, 0) is 45.2 Å². The quantitative estimate of drug-likeness (QED) is 0.248. The van der Waals surface area contributed by atoms with Crippen molar-refractivity contribution in [3.05, 3.63) is 33.9 Å². The van der Waals surface area contributed by atoms with Crippen molar-refractivity contribution in [1.29, 1.82) is 0 Å². The highest BCUT2D eigenvalue weighted by Gasteiger charge is 2.27. The molecule has 4 N–H and O–H groups in total. The normalized spacial score (nSPS) is 13.8. The molecule has 2 atom stereocenters. The van der Waals surface area contributed by atoms with Gasteiger partial charge in [0.25, 0.3) is 0 Å². The molecular formula is C17H25N2O10P. The minimum Gasteiger partial charge on any atom is -0.481 e. The number of carboxylic acid groups (broad SMARTS) is 1. The minimum atomic E-state index is -5.01. The standard InChI is InChI=1S/C17H25N2O10P/c1-10(15(20)21)7-12(18-16(22)28-17(2,3)4)8-11-5-6-14(29-30(25,26)27)13(9-11)19(23)24/h5-6,9-10,12H,7-8H2,1-4H3,(H,18,22)(H,20,21)(H2,25,26,27)/t10?,12-/m1/s1. The summed E-state index contributed by atoms with van der Waals surface area (Å²) in [6, 6.07) is 2.66. The van der Waals surface area contributed by atoms with Gasteiger partial charge in [0.05, 0.1) is 10.8 Å². The van der Waals surface area contributed by atoms with Gasteiger partial charge in [-0.25, -0.2) is 9.36 Å². The molecule has 1 unspecified atom stereocenters. The maximum absolute atomic E-state index is 12.1. The fourth-order valence-corrected chi connectivity index (χ4v) is 2.93. The van der Waals surface area contributed by atoms with E-state index in [-0.39, 0.29) is 12.8 Å². The summed E-state index contributed by atoms with van der Waals surface area (Å²) in [7, 11) is -5.01. The number of rotatable bonds is 9. The van der Waals surface area contributed by atoms with Crippen LogP contribution in [0.4, 0.5) is 10.5 Å². The zero-order valence-electron chi connectivity index (χ0n) is 16.9. The highest BCUT2D eigenvalue weighted by molar-refractivity contribution is 7.46. The smallest absolute Gasteiger partial charge is 0.481 e. The number of hydrogen-bond donors (Lipinski definition) is 4.